The van der Waals surface area contributed by atoms with Crippen molar-refractivity contribution in [2.45, 2.75) is 51.3 Å². The third-order valence-corrected chi connectivity index (χ3v) is 4.99. The maximum atomic E-state index is 12.2. The van der Waals surface area contributed by atoms with E-state index in [1.807, 2.05) is 26.8 Å². The first-order valence-corrected chi connectivity index (χ1v) is 8.19. The van der Waals surface area contributed by atoms with E-state index in [1.165, 1.54) is 5.56 Å². The lowest BCUT2D eigenvalue weighted by atomic mass is 10.0. The molecule has 20 heavy (non-hydrogen) atoms. The minimum Gasteiger partial charge on any atom is -0.464 e. The normalized spacial score (nSPS) is 15.4. The summed E-state index contributed by atoms with van der Waals surface area (Å²) in [5.74, 6) is 0. The molecule has 0 saturated heterocycles. The zero-order chi connectivity index (χ0) is 14.8. The average molecular weight is 293 g/mol. The molecule has 2 aromatic rings. The molecule has 2 rings (SSSR count). The summed E-state index contributed by atoms with van der Waals surface area (Å²) < 4.78 is 20.6. The first-order chi connectivity index (χ1) is 9.40. The maximum absolute atomic E-state index is 12.2. The SMILES string of the molecule is CC[C@@H](Cc1ccc2ccoc2c1)N[S@@](=O)C(C)(C)C. The summed E-state index contributed by atoms with van der Waals surface area (Å²) in [4.78, 5) is 0. The lowest BCUT2D eigenvalue weighted by Crippen LogP contribution is -2.40. The summed E-state index contributed by atoms with van der Waals surface area (Å²) in [7, 11) is -1.03. The number of fused-ring (bicyclic) bond motifs is 1. The summed E-state index contributed by atoms with van der Waals surface area (Å²) in [6, 6.07) is 8.43. The van der Waals surface area contributed by atoms with Gasteiger partial charge in [-0.2, -0.15) is 0 Å². The quantitative estimate of drug-likeness (QED) is 0.911. The zero-order valence-electron chi connectivity index (χ0n) is 12.6. The molecule has 0 amide bonds. The van der Waals surface area contributed by atoms with Crippen molar-refractivity contribution in [3.63, 3.8) is 0 Å². The second kappa shape index (κ2) is 6.10. The number of benzene rings is 1. The first-order valence-electron chi connectivity index (χ1n) is 7.04. The molecule has 0 unspecified atom stereocenters. The van der Waals surface area contributed by atoms with Crippen molar-refractivity contribution in [3.8, 4) is 0 Å². The van der Waals surface area contributed by atoms with E-state index in [0.717, 1.165) is 23.8 Å². The van der Waals surface area contributed by atoms with Crippen LogP contribution in [0.3, 0.4) is 0 Å². The second-order valence-corrected chi connectivity index (χ2v) is 8.10. The standard InChI is InChI=1S/C16H23NO2S/c1-5-14(17-20(18)16(2,3)4)10-12-6-7-13-8-9-19-15(13)11-12/h6-9,11,14,17H,5,10H2,1-4H3/t14-,20-/m0/s1. The number of hydrogen-bond donors (Lipinski definition) is 1. The molecule has 1 N–H and O–H groups in total. The Bertz CT molecular complexity index is 598. The Hall–Kier alpha value is -1.13. The van der Waals surface area contributed by atoms with Crippen molar-refractivity contribution in [3.05, 3.63) is 36.1 Å². The van der Waals surface area contributed by atoms with E-state index in [1.54, 1.807) is 6.26 Å². The van der Waals surface area contributed by atoms with Gasteiger partial charge in [-0.25, -0.2) is 8.93 Å². The molecule has 3 nitrogen and oxygen atoms in total. The van der Waals surface area contributed by atoms with E-state index in [-0.39, 0.29) is 10.8 Å². The molecule has 0 aliphatic rings. The predicted molar refractivity (Wildman–Crippen MR) is 85.0 cm³/mol. The molecule has 2 atom stereocenters. The van der Waals surface area contributed by atoms with Gasteiger partial charge >= 0.3 is 0 Å². The van der Waals surface area contributed by atoms with Gasteiger partial charge in [0, 0.05) is 11.4 Å². The smallest absolute Gasteiger partial charge is 0.134 e. The van der Waals surface area contributed by atoms with E-state index >= 15 is 0 Å². The third-order valence-electron chi connectivity index (χ3n) is 3.33. The molecule has 0 aliphatic carbocycles. The summed E-state index contributed by atoms with van der Waals surface area (Å²) in [6.07, 6.45) is 3.51. The van der Waals surface area contributed by atoms with E-state index < -0.39 is 11.0 Å². The number of furan rings is 1. The third kappa shape index (κ3) is 3.70. The molecule has 0 saturated carbocycles. The van der Waals surface area contributed by atoms with Crippen LogP contribution in [0.5, 0.6) is 0 Å². The van der Waals surface area contributed by atoms with Crippen LogP contribution in [0.1, 0.15) is 39.7 Å². The fraction of sp³-hybridized carbons (Fsp3) is 0.500. The van der Waals surface area contributed by atoms with Crippen LogP contribution in [-0.2, 0) is 17.4 Å². The van der Waals surface area contributed by atoms with Crippen molar-refractivity contribution in [1.29, 1.82) is 0 Å². The minimum absolute atomic E-state index is 0.211. The Labute approximate surface area is 123 Å². The van der Waals surface area contributed by atoms with Crippen LogP contribution in [0.2, 0.25) is 0 Å². The van der Waals surface area contributed by atoms with Crippen molar-refractivity contribution in [1.82, 2.24) is 4.72 Å². The lowest BCUT2D eigenvalue weighted by Gasteiger charge is -2.23. The van der Waals surface area contributed by atoms with Crippen LogP contribution in [0.4, 0.5) is 0 Å². The molecule has 4 heteroatoms. The Kier molecular flexibility index (Phi) is 4.66. The van der Waals surface area contributed by atoms with Crippen LogP contribution < -0.4 is 4.72 Å². The van der Waals surface area contributed by atoms with Gasteiger partial charge < -0.3 is 4.42 Å². The first kappa shape index (κ1) is 15.3. The van der Waals surface area contributed by atoms with E-state index in [0.29, 0.717) is 0 Å². The summed E-state index contributed by atoms with van der Waals surface area (Å²) in [5, 5.41) is 1.12. The van der Waals surface area contributed by atoms with E-state index in [9.17, 15) is 4.21 Å². The summed E-state index contributed by atoms with van der Waals surface area (Å²) in [5.41, 5.74) is 2.12. The van der Waals surface area contributed by atoms with Gasteiger partial charge in [-0.3, -0.25) is 0 Å². The van der Waals surface area contributed by atoms with Crippen molar-refractivity contribution in [2.24, 2.45) is 0 Å². The highest BCUT2D eigenvalue weighted by molar-refractivity contribution is 7.84. The highest BCUT2D eigenvalue weighted by Gasteiger charge is 2.22. The summed E-state index contributed by atoms with van der Waals surface area (Å²) in [6.45, 7) is 8.07. The molecule has 0 spiro atoms. The van der Waals surface area contributed by atoms with Gasteiger partial charge in [-0.1, -0.05) is 19.1 Å². The zero-order valence-corrected chi connectivity index (χ0v) is 13.4. The molecule has 0 bridgehead atoms. The summed E-state index contributed by atoms with van der Waals surface area (Å²) >= 11 is 0. The van der Waals surface area contributed by atoms with Crippen LogP contribution in [-0.4, -0.2) is 15.0 Å². The second-order valence-electron chi connectivity index (χ2n) is 6.10. The number of nitrogens with one attached hydrogen (secondary N) is 1. The fourth-order valence-electron chi connectivity index (χ4n) is 2.01. The molecule has 1 heterocycles. The largest absolute Gasteiger partial charge is 0.464 e. The van der Waals surface area contributed by atoms with Crippen molar-refractivity contribution in [2.75, 3.05) is 0 Å². The van der Waals surface area contributed by atoms with Gasteiger partial charge in [0.15, 0.2) is 0 Å². The lowest BCUT2D eigenvalue weighted by molar-refractivity contribution is 0.566. The monoisotopic (exact) mass is 293 g/mol. The maximum Gasteiger partial charge on any atom is 0.134 e. The molecule has 0 radical (unpaired) electrons. The van der Waals surface area contributed by atoms with Gasteiger partial charge in [0.25, 0.3) is 0 Å². The molecule has 1 aromatic heterocycles. The average Bonchev–Trinajstić information content (AvgIpc) is 2.84. The highest BCUT2D eigenvalue weighted by Crippen LogP contribution is 2.19. The topological polar surface area (TPSA) is 42.2 Å². The minimum atomic E-state index is -1.03. The van der Waals surface area contributed by atoms with Gasteiger partial charge in [0.1, 0.15) is 5.58 Å². The van der Waals surface area contributed by atoms with Gasteiger partial charge in [0.2, 0.25) is 0 Å². The molecule has 110 valence electrons. The fourth-order valence-corrected chi connectivity index (χ4v) is 2.91. The van der Waals surface area contributed by atoms with Gasteiger partial charge in [-0.05, 0) is 51.3 Å². The van der Waals surface area contributed by atoms with Gasteiger partial charge in [0.05, 0.1) is 22.0 Å². The van der Waals surface area contributed by atoms with Crippen LogP contribution in [0, 0.1) is 0 Å². The molecular weight excluding hydrogens is 270 g/mol. The molecule has 0 fully saturated rings. The number of rotatable bonds is 5. The van der Waals surface area contributed by atoms with Crippen molar-refractivity contribution < 1.29 is 8.63 Å². The Morgan fingerprint density at radius 2 is 2.05 bits per heavy atom. The van der Waals surface area contributed by atoms with E-state index in [4.69, 9.17) is 4.42 Å². The van der Waals surface area contributed by atoms with E-state index in [2.05, 4.69) is 29.8 Å². The Morgan fingerprint density at radius 3 is 2.70 bits per heavy atom. The number of hydrogen-bond acceptors (Lipinski definition) is 2. The van der Waals surface area contributed by atoms with Crippen LogP contribution >= 0.6 is 0 Å². The van der Waals surface area contributed by atoms with Gasteiger partial charge in [-0.15, -0.1) is 0 Å². The van der Waals surface area contributed by atoms with Crippen molar-refractivity contribution >= 4 is 22.0 Å². The van der Waals surface area contributed by atoms with Crippen LogP contribution in [0.15, 0.2) is 34.9 Å². The highest BCUT2D eigenvalue weighted by atomic mass is 32.2. The Balaban J connectivity index is 2.07. The predicted octanol–water partition coefficient (Wildman–Crippen LogP) is 3.81. The molecular formula is C16H23NO2S. The molecule has 0 aliphatic heterocycles. The molecule has 1 aromatic carbocycles. The van der Waals surface area contributed by atoms with Crippen LogP contribution in [0.25, 0.3) is 11.0 Å². The Morgan fingerprint density at radius 1 is 1.30 bits per heavy atom.